The Morgan fingerprint density at radius 1 is 1.33 bits per heavy atom. The van der Waals surface area contributed by atoms with Crippen LogP contribution in [0.1, 0.15) is 36.9 Å². The minimum Gasteiger partial charge on any atom is -0.360 e. The SMILES string of the molecule is CCCNc1nnc(CN(C)C(C)c2ccccc2F)s1. The molecule has 1 atom stereocenters. The van der Waals surface area contributed by atoms with Crippen molar-refractivity contribution in [2.75, 3.05) is 18.9 Å². The summed E-state index contributed by atoms with van der Waals surface area (Å²) in [4.78, 5) is 2.07. The van der Waals surface area contributed by atoms with E-state index in [1.54, 1.807) is 17.4 Å². The van der Waals surface area contributed by atoms with Gasteiger partial charge in [-0.15, -0.1) is 10.2 Å². The molecule has 0 amide bonds. The first kappa shape index (κ1) is 15.9. The molecule has 114 valence electrons. The number of hydrogen-bond acceptors (Lipinski definition) is 5. The van der Waals surface area contributed by atoms with Gasteiger partial charge in [0.05, 0.1) is 6.54 Å². The van der Waals surface area contributed by atoms with Crippen molar-refractivity contribution in [2.45, 2.75) is 32.9 Å². The first-order valence-corrected chi connectivity index (χ1v) is 7.94. The van der Waals surface area contributed by atoms with Gasteiger partial charge in [0.15, 0.2) is 0 Å². The Kier molecular flexibility index (Phi) is 5.64. The standard InChI is InChI=1S/C15H21FN4S/c1-4-9-17-15-19-18-14(21-15)10-20(3)11(2)12-7-5-6-8-13(12)16/h5-8,11H,4,9-10H2,1-3H3,(H,17,19). The number of aromatic nitrogens is 2. The zero-order chi connectivity index (χ0) is 15.2. The zero-order valence-electron chi connectivity index (χ0n) is 12.6. The Hall–Kier alpha value is -1.53. The highest BCUT2D eigenvalue weighted by atomic mass is 32.1. The monoisotopic (exact) mass is 308 g/mol. The van der Waals surface area contributed by atoms with Gasteiger partial charge in [0.25, 0.3) is 0 Å². The first-order chi connectivity index (χ1) is 10.1. The molecule has 4 nitrogen and oxygen atoms in total. The summed E-state index contributed by atoms with van der Waals surface area (Å²) in [6.45, 7) is 5.66. The zero-order valence-corrected chi connectivity index (χ0v) is 13.5. The topological polar surface area (TPSA) is 41.1 Å². The lowest BCUT2D eigenvalue weighted by atomic mass is 10.1. The fraction of sp³-hybridized carbons (Fsp3) is 0.467. The Bertz CT molecular complexity index is 572. The maximum Gasteiger partial charge on any atom is 0.205 e. The van der Waals surface area contributed by atoms with Gasteiger partial charge in [-0.05, 0) is 26.5 Å². The molecule has 6 heteroatoms. The summed E-state index contributed by atoms with van der Waals surface area (Å²) in [6, 6.07) is 6.88. The third-order valence-corrected chi connectivity index (χ3v) is 4.26. The highest BCUT2D eigenvalue weighted by Crippen LogP contribution is 2.24. The first-order valence-electron chi connectivity index (χ1n) is 7.12. The number of benzene rings is 1. The number of hydrogen-bond donors (Lipinski definition) is 1. The third-order valence-electron chi connectivity index (χ3n) is 3.39. The molecule has 21 heavy (non-hydrogen) atoms. The maximum atomic E-state index is 13.8. The molecule has 0 aliphatic rings. The van der Waals surface area contributed by atoms with Crippen LogP contribution in [0.5, 0.6) is 0 Å². The van der Waals surface area contributed by atoms with Crippen molar-refractivity contribution in [3.8, 4) is 0 Å². The van der Waals surface area contributed by atoms with Crippen LogP contribution in [0.25, 0.3) is 0 Å². The molecule has 1 N–H and O–H groups in total. The molecule has 0 fully saturated rings. The highest BCUT2D eigenvalue weighted by molar-refractivity contribution is 7.15. The van der Waals surface area contributed by atoms with Crippen LogP contribution in [-0.2, 0) is 6.54 Å². The molecule has 0 radical (unpaired) electrons. The van der Waals surface area contributed by atoms with Crippen molar-refractivity contribution in [3.05, 3.63) is 40.7 Å². The van der Waals surface area contributed by atoms with Crippen molar-refractivity contribution in [1.29, 1.82) is 0 Å². The number of anilines is 1. The summed E-state index contributed by atoms with van der Waals surface area (Å²) in [5.41, 5.74) is 0.703. The van der Waals surface area contributed by atoms with Crippen LogP contribution in [0.4, 0.5) is 9.52 Å². The summed E-state index contributed by atoms with van der Waals surface area (Å²) in [5, 5.41) is 13.3. The molecular weight excluding hydrogens is 287 g/mol. The van der Waals surface area contributed by atoms with Gasteiger partial charge in [-0.2, -0.15) is 0 Å². The lowest BCUT2D eigenvalue weighted by Crippen LogP contribution is -2.22. The van der Waals surface area contributed by atoms with Crippen LogP contribution in [0, 0.1) is 5.82 Å². The van der Waals surface area contributed by atoms with E-state index in [9.17, 15) is 4.39 Å². The quantitative estimate of drug-likeness (QED) is 0.847. The van der Waals surface area contributed by atoms with Gasteiger partial charge in [-0.1, -0.05) is 36.5 Å². The fourth-order valence-corrected chi connectivity index (χ4v) is 2.85. The Balaban J connectivity index is 1.99. The van der Waals surface area contributed by atoms with E-state index in [4.69, 9.17) is 0 Å². The molecule has 0 aliphatic heterocycles. The molecule has 2 aromatic rings. The molecular formula is C15H21FN4S. The van der Waals surface area contributed by atoms with E-state index in [-0.39, 0.29) is 11.9 Å². The second-order valence-electron chi connectivity index (χ2n) is 5.04. The van der Waals surface area contributed by atoms with E-state index >= 15 is 0 Å². The summed E-state index contributed by atoms with van der Waals surface area (Å²) >= 11 is 1.55. The van der Waals surface area contributed by atoms with Crippen LogP contribution >= 0.6 is 11.3 Å². The predicted molar refractivity (Wildman–Crippen MR) is 85.0 cm³/mol. The molecule has 0 saturated heterocycles. The summed E-state index contributed by atoms with van der Waals surface area (Å²) in [5.74, 6) is -0.167. The average Bonchev–Trinajstić information content (AvgIpc) is 2.92. The molecule has 1 heterocycles. The van der Waals surface area contributed by atoms with Gasteiger partial charge in [-0.25, -0.2) is 4.39 Å². The normalized spacial score (nSPS) is 12.6. The van der Waals surface area contributed by atoms with Gasteiger partial charge in [-0.3, -0.25) is 4.90 Å². The minimum absolute atomic E-state index is 0.0119. The third kappa shape index (κ3) is 4.22. The average molecular weight is 308 g/mol. The van der Waals surface area contributed by atoms with Gasteiger partial charge >= 0.3 is 0 Å². The Morgan fingerprint density at radius 2 is 2.10 bits per heavy atom. The van der Waals surface area contributed by atoms with E-state index in [1.165, 1.54) is 6.07 Å². The number of halogens is 1. The number of nitrogens with zero attached hydrogens (tertiary/aromatic N) is 3. The summed E-state index contributed by atoms with van der Waals surface area (Å²) < 4.78 is 13.8. The molecule has 2 rings (SSSR count). The van der Waals surface area contributed by atoms with Crippen molar-refractivity contribution in [3.63, 3.8) is 0 Å². The molecule has 1 unspecified atom stereocenters. The second kappa shape index (κ2) is 7.47. The molecule has 0 bridgehead atoms. The molecule has 0 spiro atoms. The smallest absolute Gasteiger partial charge is 0.205 e. The van der Waals surface area contributed by atoms with Crippen molar-refractivity contribution in [1.82, 2.24) is 15.1 Å². The maximum absolute atomic E-state index is 13.8. The fourth-order valence-electron chi connectivity index (χ4n) is 2.02. The van der Waals surface area contributed by atoms with Crippen LogP contribution in [0.2, 0.25) is 0 Å². The van der Waals surface area contributed by atoms with Crippen molar-refractivity contribution in [2.24, 2.45) is 0 Å². The van der Waals surface area contributed by atoms with E-state index in [2.05, 4.69) is 27.3 Å². The summed E-state index contributed by atoms with van der Waals surface area (Å²) in [7, 11) is 1.97. The largest absolute Gasteiger partial charge is 0.360 e. The van der Waals surface area contributed by atoms with Gasteiger partial charge in [0.2, 0.25) is 5.13 Å². The minimum atomic E-state index is -0.167. The van der Waals surface area contributed by atoms with Crippen molar-refractivity contribution < 1.29 is 4.39 Å². The van der Waals surface area contributed by atoms with Crippen LogP contribution in [-0.4, -0.2) is 28.7 Å². The Labute approximate surface area is 129 Å². The van der Waals surface area contributed by atoms with E-state index in [0.717, 1.165) is 23.1 Å². The van der Waals surface area contributed by atoms with Gasteiger partial charge in [0.1, 0.15) is 10.8 Å². The van der Waals surface area contributed by atoms with Crippen LogP contribution < -0.4 is 5.32 Å². The van der Waals surface area contributed by atoms with E-state index in [1.807, 2.05) is 26.1 Å². The van der Waals surface area contributed by atoms with Gasteiger partial charge in [0, 0.05) is 18.2 Å². The lowest BCUT2D eigenvalue weighted by Gasteiger charge is -2.24. The molecule has 0 aliphatic carbocycles. The second-order valence-corrected chi connectivity index (χ2v) is 6.10. The van der Waals surface area contributed by atoms with Crippen LogP contribution in [0.15, 0.2) is 24.3 Å². The lowest BCUT2D eigenvalue weighted by molar-refractivity contribution is 0.247. The van der Waals surface area contributed by atoms with E-state index < -0.39 is 0 Å². The number of nitrogens with one attached hydrogen (secondary N) is 1. The predicted octanol–water partition coefficient (Wildman–Crippen LogP) is 3.69. The molecule has 1 aromatic carbocycles. The Morgan fingerprint density at radius 3 is 2.81 bits per heavy atom. The molecule has 0 saturated carbocycles. The highest BCUT2D eigenvalue weighted by Gasteiger charge is 2.17. The summed E-state index contributed by atoms with van der Waals surface area (Å²) in [6.07, 6.45) is 1.05. The van der Waals surface area contributed by atoms with Gasteiger partial charge < -0.3 is 5.32 Å². The van der Waals surface area contributed by atoms with Crippen LogP contribution in [0.3, 0.4) is 0 Å². The molecule has 1 aromatic heterocycles. The van der Waals surface area contributed by atoms with E-state index in [0.29, 0.717) is 12.1 Å². The van der Waals surface area contributed by atoms with Crippen molar-refractivity contribution >= 4 is 16.5 Å². The number of rotatable bonds is 7.